The van der Waals surface area contributed by atoms with Gasteiger partial charge in [0.05, 0.1) is 18.0 Å². The average molecular weight is 361 g/mol. The van der Waals surface area contributed by atoms with Gasteiger partial charge in [-0.3, -0.25) is 9.88 Å². The molecule has 0 saturated heterocycles. The minimum atomic E-state index is 0.357. The number of ether oxygens (including phenoxy) is 1. The standard InChI is InChI=1S/C21H23N5O/c1-2-27-18-5-3-4-16(10-18)19-7-6-15(11-23-19)13-26-9-8-20-17(14-26)12-24-21(22)25-20/h3-7,10-12H,2,8-9,13-14H2,1H3,(H2,22,24,25). The van der Waals surface area contributed by atoms with E-state index in [1.807, 2.05) is 37.5 Å². The molecule has 0 aliphatic carbocycles. The van der Waals surface area contributed by atoms with Crippen molar-refractivity contribution in [2.45, 2.75) is 26.4 Å². The SMILES string of the molecule is CCOc1cccc(-c2ccc(CN3CCc4nc(N)ncc4C3)cn2)c1. The van der Waals surface area contributed by atoms with Crippen molar-refractivity contribution in [2.75, 3.05) is 18.9 Å². The Balaban J connectivity index is 1.44. The molecule has 0 saturated carbocycles. The monoisotopic (exact) mass is 361 g/mol. The van der Waals surface area contributed by atoms with E-state index in [-0.39, 0.29) is 0 Å². The summed E-state index contributed by atoms with van der Waals surface area (Å²) in [4.78, 5) is 15.5. The lowest BCUT2D eigenvalue weighted by Crippen LogP contribution is -2.31. The van der Waals surface area contributed by atoms with Gasteiger partial charge in [-0.1, -0.05) is 18.2 Å². The number of benzene rings is 1. The lowest BCUT2D eigenvalue weighted by molar-refractivity contribution is 0.243. The van der Waals surface area contributed by atoms with E-state index in [4.69, 9.17) is 10.5 Å². The molecule has 2 aromatic heterocycles. The van der Waals surface area contributed by atoms with E-state index in [2.05, 4.69) is 38.1 Å². The van der Waals surface area contributed by atoms with Crippen LogP contribution in [0.1, 0.15) is 23.7 Å². The Morgan fingerprint density at radius 1 is 1.15 bits per heavy atom. The van der Waals surface area contributed by atoms with Crippen molar-refractivity contribution >= 4 is 5.95 Å². The highest BCUT2D eigenvalue weighted by molar-refractivity contribution is 5.61. The molecular formula is C21H23N5O. The van der Waals surface area contributed by atoms with Crippen LogP contribution in [0.2, 0.25) is 0 Å². The van der Waals surface area contributed by atoms with Crippen molar-refractivity contribution in [1.29, 1.82) is 0 Å². The van der Waals surface area contributed by atoms with Crippen LogP contribution in [0, 0.1) is 0 Å². The van der Waals surface area contributed by atoms with Crippen molar-refractivity contribution in [3.63, 3.8) is 0 Å². The Bertz CT molecular complexity index is 926. The van der Waals surface area contributed by atoms with Gasteiger partial charge in [0.25, 0.3) is 0 Å². The minimum absolute atomic E-state index is 0.357. The zero-order valence-electron chi connectivity index (χ0n) is 15.4. The Hall–Kier alpha value is -2.99. The van der Waals surface area contributed by atoms with Gasteiger partial charge in [0.1, 0.15) is 5.75 Å². The Labute approximate surface area is 159 Å². The largest absolute Gasteiger partial charge is 0.494 e. The first kappa shape index (κ1) is 17.4. The smallest absolute Gasteiger partial charge is 0.220 e. The maximum atomic E-state index is 5.68. The topological polar surface area (TPSA) is 77.2 Å². The third-order valence-corrected chi connectivity index (χ3v) is 4.70. The minimum Gasteiger partial charge on any atom is -0.494 e. The van der Waals surface area contributed by atoms with E-state index in [0.29, 0.717) is 12.6 Å². The summed E-state index contributed by atoms with van der Waals surface area (Å²) in [5, 5.41) is 0. The molecule has 0 bridgehead atoms. The maximum absolute atomic E-state index is 5.68. The van der Waals surface area contributed by atoms with E-state index in [1.54, 1.807) is 0 Å². The molecule has 2 N–H and O–H groups in total. The molecule has 0 radical (unpaired) electrons. The summed E-state index contributed by atoms with van der Waals surface area (Å²) in [5.74, 6) is 1.23. The molecule has 3 heterocycles. The average Bonchev–Trinajstić information content (AvgIpc) is 2.69. The predicted molar refractivity (Wildman–Crippen MR) is 105 cm³/mol. The van der Waals surface area contributed by atoms with Crippen LogP contribution in [-0.4, -0.2) is 33.0 Å². The summed E-state index contributed by atoms with van der Waals surface area (Å²) in [6.07, 6.45) is 4.70. The molecule has 0 unspecified atom stereocenters. The molecule has 4 rings (SSSR count). The van der Waals surface area contributed by atoms with E-state index >= 15 is 0 Å². The number of nitrogen functional groups attached to an aromatic ring is 1. The van der Waals surface area contributed by atoms with Crippen molar-refractivity contribution in [3.8, 4) is 17.0 Å². The zero-order chi connectivity index (χ0) is 18.6. The molecule has 6 heteroatoms. The molecule has 27 heavy (non-hydrogen) atoms. The van der Waals surface area contributed by atoms with Crippen LogP contribution in [0.25, 0.3) is 11.3 Å². The number of nitrogens with two attached hydrogens (primary N) is 1. The van der Waals surface area contributed by atoms with E-state index in [9.17, 15) is 0 Å². The van der Waals surface area contributed by atoms with Gasteiger partial charge in [-0.2, -0.15) is 0 Å². The number of pyridine rings is 1. The molecule has 0 spiro atoms. The highest BCUT2D eigenvalue weighted by Crippen LogP contribution is 2.23. The number of nitrogens with zero attached hydrogens (tertiary/aromatic N) is 4. The van der Waals surface area contributed by atoms with E-state index < -0.39 is 0 Å². The maximum Gasteiger partial charge on any atom is 0.220 e. The van der Waals surface area contributed by atoms with Crippen LogP contribution in [0.4, 0.5) is 5.95 Å². The Morgan fingerprint density at radius 2 is 2.07 bits per heavy atom. The highest BCUT2D eigenvalue weighted by atomic mass is 16.5. The fraction of sp³-hybridized carbons (Fsp3) is 0.286. The molecule has 6 nitrogen and oxygen atoms in total. The Morgan fingerprint density at radius 3 is 2.89 bits per heavy atom. The molecule has 1 aromatic carbocycles. The summed E-state index contributed by atoms with van der Waals surface area (Å²) < 4.78 is 5.58. The lowest BCUT2D eigenvalue weighted by atomic mass is 10.1. The van der Waals surface area contributed by atoms with Crippen LogP contribution < -0.4 is 10.5 Å². The molecule has 1 aliphatic heterocycles. The van der Waals surface area contributed by atoms with E-state index in [0.717, 1.165) is 54.3 Å². The summed E-state index contributed by atoms with van der Waals surface area (Å²) in [6, 6.07) is 12.3. The molecule has 138 valence electrons. The van der Waals surface area contributed by atoms with Gasteiger partial charge in [0, 0.05) is 49.6 Å². The summed E-state index contributed by atoms with van der Waals surface area (Å²) in [5.41, 5.74) is 11.1. The third kappa shape index (κ3) is 4.06. The number of fused-ring (bicyclic) bond motifs is 1. The summed E-state index contributed by atoms with van der Waals surface area (Å²) in [6.45, 7) is 5.30. The number of hydrogen-bond acceptors (Lipinski definition) is 6. The van der Waals surface area contributed by atoms with Gasteiger partial charge < -0.3 is 10.5 Å². The van der Waals surface area contributed by atoms with Crippen LogP contribution in [0.5, 0.6) is 5.75 Å². The number of anilines is 1. The molecular weight excluding hydrogens is 338 g/mol. The fourth-order valence-electron chi connectivity index (χ4n) is 3.38. The molecule has 3 aromatic rings. The zero-order valence-corrected chi connectivity index (χ0v) is 15.4. The predicted octanol–water partition coefficient (Wildman–Crippen LogP) is 3.08. The summed E-state index contributed by atoms with van der Waals surface area (Å²) >= 11 is 0. The second kappa shape index (κ2) is 7.72. The molecule has 1 aliphatic rings. The lowest BCUT2D eigenvalue weighted by Gasteiger charge is -2.27. The van der Waals surface area contributed by atoms with Gasteiger partial charge in [0.2, 0.25) is 5.95 Å². The molecule has 0 fully saturated rings. The van der Waals surface area contributed by atoms with Crippen LogP contribution in [-0.2, 0) is 19.5 Å². The number of hydrogen-bond donors (Lipinski definition) is 1. The van der Waals surface area contributed by atoms with Crippen LogP contribution in [0.15, 0.2) is 48.8 Å². The second-order valence-electron chi connectivity index (χ2n) is 6.67. The van der Waals surface area contributed by atoms with Crippen LogP contribution >= 0.6 is 0 Å². The first-order chi connectivity index (χ1) is 13.2. The van der Waals surface area contributed by atoms with Crippen molar-refractivity contribution in [1.82, 2.24) is 19.9 Å². The van der Waals surface area contributed by atoms with Crippen molar-refractivity contribution < 1.29 is 4.74 Å². The van der Waals surface area contributed by atoms with Gasteiger partial charge >= 0.3 is 0 Å². The van der Waals surface area contributed by atoms with Crippen LogP contribution in [0.3, 0.4) is 0 Å². The normalized spacial score (nSPS) is 14.0. The quantitative estimate of drug-likeness (QED) is 0.752. The highest BCUT2D eigenvalue weighted by Gasteiger charge is 2.18. The van der Waals surface area contributed by atoms with E-state index in [1.165, 1.54) is 5.56 Å². The third-order valence-electron chi connectivity index (χ3n) is 4.70. The van der Waals surface area contributed by atoms with Gasteiger partial charge in [-0.05, 0) is 30.7 Å². The number of aromatic nitrogens is 3. The summed E-state index contributed by atoms with van der Waals surface area (Å²) in [7, 11) is 0. The van der Waals surface area contributed by atoms with Crippen molar-refractivity contribution in [3.05, 3.63) is 65.6 Å². The fourth-order valence-corrected chi connectivity index (χ4v) is 3.38. The number of rotatable bonds is 5. The molecule has 0 amide bonds. The van der Waals surface area contributed by atoms with Crippen molar-refractivity contribution in [2.24, 2.45) is 0 Å². The van der Waals surface area contributed by atoms with Gasteiger partial charge in [-0.15, -0.1) is 0 Å². The first-order valence-electron chi connectivity index (χ1n) is 9.22. The Kier molecular flexibility index (Phi) is 4.98. The van der Waals surface area contributed by atoms with Gasteiger partial charge in [-0.25, -0.2) is 9.97 Å². The second-order valence-corrected chi connectivity index (χ2v) is 6.67. The molecule has 0 atom stereocenters. The first-order valence-corrected chi connectivity index (χ1v) is 9.22. The van der Waals surface area contributed by atoms with Gasteiger partial charge in [0.15, 0.2) is 0 Å².